The Morgan fingerprint density at radius 2 is 2.18 bits per heavy atom. The molecule has 0 unspecified atom stereocenters. The Bertz CT molecular complexity index is 892. The number of fused-ring (bicyclic) bond motifs is 1. The van der Waals surface area contributed by atoms with Crippen LogP contribution >= 0.6 is 0 Å². The number of aryl methyl sites for hydroxylation is 1. The number of hydrogen-bond acceptors (Lipinski definition) is 5. The Morgan fingerprint density at radius 1 is 1.50 bits per heavy atom. The van der Waals surface area contributed by atoms with Crippen LogP contribution < -0.4 is 10.9 Å². The molecule has 2 aromatic heterocycles. The predicted molar refractivity (Wildman–Crippen MR) is 76.6 cm³/mol. The monoisotopic (exact) mass is 301 g/mol. The van der Waals surface area contributed by atoms with E-state index in [2.05, 4.69) is 10.9 Å². The standard InChI is InChI=1S/C14H11N3O5/c1-3-7-4-8-11(15-5-7)12(20)10(14(22)17(8)2)13(21)16-6-9(18)19/h1,4-5,20H,6H2,2H3,(H,16,21)(H,18,19). The third kappa shape index (κ3) is 2.47. The fraction of sp³-hybridized carbons (Fsp3) is 0.143. The molecule has 0 aliphatic carbocycles. The summed E-state index contributed by atoms with van der Waals surface area (Å²) >= 11 is 0. The fourth-order valence-electron chi connectivity index (χ4n) is 1.92. The van der Waals surface area contributed by atoms with Crippen LogP contribution in [0.4, 0.5) is 0 Å². The number of amides is 1. The molecule has 8 heteroatoms. The van der Waals surface area contributed by atoms with E-state index < -0.39 is 35.3 Å². The summed E-state index contributed by atoms with van der Waals surface area (Å²) in [7, 11) is 1.39. The number of carboxylic acids is 1. The number of rotatable bonds is 3. The van der Waals surface area contributed by atoms with Gasteiger partial charge < -0.3 is 20.1 Å². The van der Waals surface area contributed by atoms with Gasteiger partial charge in [-0.25, -0.2) is 4.98 Å². The third-order valence-electron chi connectivity index (χ3n) is 3.00. The van der Waals surface area contributed by atoms with Gasteiger partial charge in [-0.05, 0) is 6.07 Å². The minimum absolute atomic E-state index is 0.0153. The molecule has 2 aromatic rings. The Morgan fingerprint density at radius 3 is 2.77 bits per heavy atom. The number of carbonyl (C=O) groups is 2. The minimum Gasteiger partial charge on any atom is -0.505 e. The van der Waals surface area contributed by atoms with Gasteiger partial charge in [0.2, 0.25) is 0 Å². The zero-order chi connectivity index (χ0) is 16.4. The summed E-state index contributed by atoms with van der Waals surface area (Å²) in [5.41, 5.74) is -0.680. The van der Waals surface area contributed by atoms with Crippen LogP contribution in [0.2, 0.25) is 0 Å². The van der Waals surface area contributed by atoms with Gasteiger partial charge in [-0.3, -0.25) is 14.4 Å². The van der Waals surface area contributed by atoms with Crippen molar-refractivity contribution in [2.75, 3.05) is 6.54 Å². The van der Waals surface area contributed by atoms with E-state index in [4.69, 9.17) is 11.5 Å². The molecule has 1 amide bonds. The Kier molecular flexibility index (Phi) is 3.81. The molecule has 0 aromatic carbocycles. The molecule has 112 valence electrons. The molecule has 0 aliphatic rings. The first-order valence-electron chi connectivity index (χ1n) is 6.05. The lowest BCUT2D eigenvalue weighted by atomic mass is 10.1. The summed E-state index contributed by atoms with van der Waals surface area (Å²) in [4.78, 5) is 38.5. The van der Waals surface area contributed by atoms with E-state index in [1.807, 2.05) is 5.32 Å². The van der Waals surface area contributed by atoms with Crippen molar-refractivity contribution < 1.29 is 19.8 Å². The summed E-state index contributed by atoms with van der Waals surface area (Å²) in [6.45, 7) is -0.678. The quantitative estimate of drug-likeness (QED) is 0.653. The first-order chi connectivity index (χ1) is 10.4. The normalized spacial score (nSPS) is 10.2. The number of pyridine rings is 2. The van der Waals surface area contributed by atoms with Crippen LogP contribution in [-0.4, -0.2) is 38.2 Å². The fourth-order valence-corrected chi connectivity index (χ4v) is 1.92. The average molecular weight is 301 g/mol. The van der Waals surface area contributed by atoms with Crippen molar-refractivity contribution in [1.29, 1.82) is 0 Å². The molecule has 2 rings (SSSR count). The molecule has 0 bridgehead atoms. The lowest BCUT2D eigenvalue weighted by molar-refractivity contribution is -0.135. The van der Waals surface area contributed by atoms with Crippen molar-refractivity contribution in [1.82, 2.24) is 14.9 Å². The van der Waals surface area contributed by atoms with Gasteiger partial charge in [-0.1, -0.05) is 5.92 Å². The summed E-state index contributed by atoms with van der Waals surface area (Å²) in [6.07, 6.45) is 6.56. The molecule has 2 heterocycles. The van der Waals surface area contributed by atoms with E-state index >= 15 is 0 Å². The largest absolute Gasteiger partial charge is 0.505 e. The summed E-state index contributed by atoms with van der Waals surface area (Å²) in [5.74, 6) is -0.540. The molecule has 0 fully saturated rings. The van der Waals surface area contributed by atoms with Crippen molar-refractivity contribution in [3.63, 3.8) is 0 Å². The molecule has 22 heavy (non-hydrogen) atoms. The van der Waals surface area contributed by atoms with Crippen LogP contribution in [0, 0.1) is 12.3 Å². The van der Waals surface area contributed by atoms with Crippen molar-refractivity contribution >= 4 is 22.9 Å². The maximum atomic E-state index is 12.2. The number of carboxylic acid groups (broad SMARTS) is 1. The summed E-state index contributed by atoms with van der Waals surface area (Å²) < 4.78 is 1.11. The number of aromatic hydroxyl groups is 1. The second-order valence-corrected chi connectivity index (χ2v) is 4.40. The number of aromatic nitrogens is 2. The van der Waals surface area contributed by atoms with E-state index in [1.165, 1.54) is 19.3 Å². The number of terminal acetylenes is 1. The van der Waals surface area contributed by atoms with Crippen molar-refractivity contribution in [3.05, 3.63) is 33.7 Å². The maximum absolute atomic E-state index is 12.2. The van der Waals surface area contributed by atoms with E-state index in [1.54, 1.807) is 0 Å². The van der Waals surface area contributed by atoms with E-state index in [9.17, 15) is 19.5 Å². The zero-order valence-corrected chi connectivity index (χ0v) is 11.5. The van der Waals surface area contributed by atoms with Crippen LogP contribution in [0.25, 0.3) is 11.0 Å². The van der Waals surface area contributed by atoms with E-state index in [0.717, 1.165) is 4.57 Å². The van der Waals surface area contributed by atoms with Crippen LogP contribution in [0.15, 0.2) is 17.1 Å². The first-order valence-corrected chi connectivity index (χ1v) is 6.05. The molecule has 8 nitrogen and oxygen atoms in total. The van der Waals surface area contributed by atoms with Crippen LogP contribution in [0.1, 0.15) is 15.9 Å². The number of aliphatic carboxylic acids is 1. The number of nitrogens with one attached hydrogen (secondary N) is 1. The molecule has 0 radical (unpaired) electrons. The van der Waals surface area contributed by atoms with Crippen LogP contribution in [0.3, 0.4) is 0 Å². The van der Waals surface area contributed by atoms with Crippen molar-refractivity contribution in [2.24, 2.45) is 7.05 Å². The Labute approximate surface area is 124 Å². The smallest absolute Gasteiger partial charge is 0.322 e. The average Bonchev–Trinajstić information content (AvgIpc) is 2.50. The molecule has 0 spiro atoms. The van der Waals surface area contributed by atoms with Gasteiger partial charge in [0, 0.05) is 18.8 Å². The lowest BCUT2D eigenvalue weighted by Crippen LogP contribution is -2.35. The molecule has 0 saturated heterocycles. The summed E-state index contributed by atoms with van der Waals surface area (Å²) in [5, 5.41) is 20.7. The van der Waals surface area contributed by atoms with Gasteiger partial charge in [0.25, 0.3) is 11.5 Å². The molecular formula is C14H11N3O5. The first kappa shape index (κ1) is 15.1. The van der Waals surface area contributed by atoms with Gasteiger partial charge in [-0.2, -0.15) is 0 Å². The minimum atomic E-state index is -1.28. The lowest BCUT2D eigenvalue weighted by Gasteiger charge is -2.11. The molecule has 3 N–H and O–H groups in total. The van der Waals surface area contributed by atoms with Gasteiger partial charge in [0.05, 0.1) is 5.52 Å². The van der Waals surface area contributed by atoms with E-state index in [0.29, 0.717) is 5.56 Å². The van der Waals surface area contributed by atoms with Gasteiger partial charge in [0.15, 0.2) is 5.75 Å². The number of hydrogen-bond donors (Lipinski definition) is 3. The van der Waals surface area contributed by atoms with Crippen LogP contribution in [-0.2, 0) is 11.8 Å². The number of carbonyl (C=O) groups excluding carboxylic acids is 1. The molecule has 0 atom stereocenters. The highest BCUT2D eigenvalue weighted by Crippen LogP contribution is 2.24. The summed E-state index contributed by atoms with van der Waals surface area (Å²) in [6, 6.07) is 1.47. The van der Waals surface area contributed by atoms with Crippen molar-refractivity contribution in [3.8, 4) is 18.1 Å². The topological polar surface area (TPSA) is 122 Å². The number of nitrogens with zero attached hydrogens (tertiary/aromatic N) is 2. The highest BCUT2D eigenvalue weighted by atomic mass is 16.4. The molecular weight excluding hydrogens is 290 g/mol. The van der Waals surface area contributed by atoms with Gasteiger partial charge in [-0.15, -0.1) is 6.42 Å². The second kappa shape index (κ2) is 5.57. The second-order valence-electron chi connectivity index (χ2n) is 4.40. The third-order valence-corrected chi connectivity index (χ3v) is 3.00. The predicted octanol–water partition coefficient (Wildman–Crippen LogP) is -0.565. The van der Waals surface area contributed by atoms with Crippen LogP contribution in [0.5, 0.6) is 5.75 Å². The van der Waals surface area contributed by atoms with Crippen molar-refractivity contribution in [2.45, 2.75) is 0 Å². The highest BCUT2D eigenvalue weighted by molar-refractivity contribution is 6.02. The zero-order valence-electron chi connectivity index (χ0n) is 11.5. The SMILES string of the molecule is C#Cc1cnc2c(O)c(C(=O)NCC(=O)O)c(=O)n(C)c2c1. The van der Waals surface area contributed by atoms with Gasteiger partial charge in [0.1, 0.15) is 17.6 Å². The maximum Gasteiger partial charge on any atom is 0.322 e. The molecule has 0 saturated carbocycles. The van der Waals surface area contributed by atoms with E-state index in [-0.39, 0.29) is 11.0 Å². The highest BCUT2D eigenvalue weighted by Gasteiger charge is 2.22. The van der Waals surface area contributed by atoms with Gasteiger partial charge >= 0.3 is 5.97 Å². The Hall–Kier alpha value is -3.34. The Balaban J connectivity index is 2.67. The molecule has 0 aliphatic heterocycles.